The van der Waals surface area contributed by atoms with Gasteiger partial charge in [0, 0.05) is 18.8 Å². The predicted molar refractivity (Wildman–Crippen MR) is 103 cm³/mol. The van der Waals surface area contributed by atoms with Gasteiger partial charge in [0.15, 0.2) is 5.65 Å². The summed E-state index contributed by atoms with van der Waals surface area (Å²) in [7, 11) is 0. The van der Waals surface area contributed by atoms with Crippen molar-refractivity contribution >= 4 is 29.2 Å². The fourth-order valence-electron chi connectivity index (χ4n) is 3.18. The minimum Gasteiger partial charge on any atom is -0.378 e. The maximum absolute atomic E-state index is 12.8. The molecule has 7 nitrogen and oxygen atoms in total. The molecule has 1 aliphatic heterocycles. The maximum atomic E-state index is 12.8. The first-order valence-corrected chi connectivity index (χ1v) is 8.89. The van der Waals surface area contributed by atoms with E-state index in [-0.39, 0.29) is 5.56 Å². The number of morpholine rings is 1. The molecule has 1 aromatic carbocycles. The van der Waals surface area contributed by atoms with Crippen molar-refractivity contribution < 1.29 is 4.74 Å². The molecule has 2 aromatic heterocycles. The molecule has 0 radical (unpaired) electrons. The first-order valence-electron chi connectivity index (χ1n) is 8.48. The molecule has 26 heavy (non-hydrogen) atoms. The van der Waals surface area contributed by atoms with Crippen LogP contribution in [0.3, 0.4) is 0 Å². The van der Waals surface area contributed by atoms with Crippen molar-refractivity contribution in [2.75, 3.05) is 31.2 Å². The van der Waals surface area contributed by atoms with Gasteiger partial charge >= 0.3 is 0 Å². The van der Waals surface area contributed by atoms with Crippen LogP contribution in [-0.4, -0.2) is 45.8 Å². The van der Waals surface area contributed by atoms with E-state index in [1.807, 2.05) is 47.6 Å². The largest absolute Gasteiger partial charge is 0.378 e. The molecular weight excluding hydrogens is 350 g/mol. The molecule has 1 aliphatic rings. The van der Waals surface area contributed by atoms with Crippen LogP contribution >= 0.6 is 12.2 Å². The second kappa shape index (κ2) is 6.62. The third-order valence-corrected chi connectivity index (χ3v) is 4.85. The highest BCUT2D eigenvalue weighted by atomic mass is 32.1. The van der Waals surface area contributed by atoms with Gasteiger partial charge in [0.1, 0.15) is 15.9 Å². The maximum Gasteiger partial charge on any atom is 0.264 e. The standard InChI is InChI=1S/C18H19N5O2S/c1-11-4-3-5-13(10-11)23-12(2)19-15-14(17(23)26)16(24)21-18(20-15)22-6-8-25-9-7-22/h3-5,10H,6-9H2,1-2H3,(H,20,21,24). The molecule has 0 bridgehead atoms. The summed E-state index contributed by atoms with van der Waals surface area (Å²) in [4.78, 5) is 26.7. The number of benzene rings is 1. The molecule has 0 atom stereocenters. The molecule has 0 spiro atoms. The Kier molecular flexibility index (Phi) is 4.29. The third-order valence-electron chi connectivity index (χ3n) is 4.47. The van der Waals surface area contributed by atoms with Crippen LogP contribution in [0.4, 0.5) is 5.95 Å². The van der Waals surface area contributed by atoms with Crippen molar-refractivity contribution in [3.63, 3.8) is 0 Å². The Labute approximate surface area is 155 Å². The summed E-state index contributed by atoms with van der Waals surface area (Å²) < 4.78 is 7.59. The number of nitrogens with one attached hydrogen (secondary N) is 1. The number of aryl methyl sites for hydroxylation is 2. The van der Waals surface area contributed by atoms with Gasteiger partial charge in [-0.1, -0.05) is 24.4 Å². The van der Waals surface area contributed by atoms with Gasteiger partial charge in [-0.25, -0.2) is 4.98 Å². The molecule has 0 saturated carbocycles. The topological polar surface area (TPSA) is 76.0 Å². The van der Waals surface area contributed by atoms with Gasteiger partial charge in [-0.05, 0) is 31.5 Å². The van der Waals surface area contributed by atoms with Crippen LogP contribution in [0.15, 0.2) is 29.1 Å². The third kappa shape index (κ3) is 2.91. The van der Waals surface area contributed by atoms with Crippen LogP contribution in [-0.2, 0) is 4.74 Å². The number of nitrogens with zero attached hydrogens (tertiary/aromatic N) is 4. The van der Waals surface area contributed by atoms with Gasteiger partial charge in [-0.3, -0.25) is 14.3 Å². The summed E-state index contributed by atoms with van der Waals surface area (Å²) in [5.74, 6) is 1.21. The lowest BCUT2D eigenvalue weighted by atomic mass is 10.2. The molecular formula is C18H19N5O2S. The molecule has 1 saturated heterocycles. The predicted octanol–water partition coefficient (Wildman–Crippen LogP) is 2.29. The molecule has 4 rings (SSSR count). The minimum absolute atomic E-state index is 0.268. The van der Waals surface area contributed by atoms with Crippen molar-refractivity contribution in [3.05, 3.63) is 50.6 Å². The highest BCUT2D eigenvalue weighted by Gasteiger charge is 2.17. The van der Waals surface area contributed by atoms with Gasteiger partial charge in [0.05, 0.1) is 13.2 Å². The molecule has 3 aromatic rings. The van der Waals surface area contributed by atoms with E-state index >= 15 is 0 Å². The lowest BCUT2D eigenvalue weighted by Crippen LogP contribution is -2.38. The fraction of sp³-hybridized carbons (Fsp3) is 0.333. The Bertz CT molecular complexity index is 1100. The van der Waals surface area contributed by atoms with Gasteiger partial charge < -0.3 is 9.64 Å². The summed E-state index contributed by atoms with van der Waals surface area (Å²) in [6.07, 6.45) is 0. The number of ether oxygens (including phenoxy) is 1. The average Bonchev–Trinajstić information content (AvgIpc) is 2.62. The second-order valence-electron chi connectivity index (χ2n) is 6.33. The van der Waals surface area contributed by atoms with E-state index in [9.17, 15) is 4.79 Å². The zero-order valence-electron chi connectivity index (χ0n) is 14.7. The smallest absolute Gasteiger partial charge is 0.264 e. The number of hydrogen-bond acceptors (Lipinski definition) is 6. The monoisotopic (exact) mass is 369 g/mol. The van der Waals surface area contributed by atoms with E-state index < -0.39 is 0 Å². The number of aromatic amines is 1. The van der Waals surface area contributed by atoms with E-state index in [1.165, 1.54) is 0 Å². The molecule has 8 heteroatoms. The molecule has 1 fully saturated rings. The first kappa shape index (κ1) is 16.9. The van der Waals surface area contributed by atoms with Crippen LogP contribution in [0.1, 0.15) is 11.4 Å². The quantitative estimate of drug-likeness (QED) is 0.699. The number of anilines is 1. The van der Waals surface area contributed by atoms with Crippen LogP contribution in [0, 0.1) is 18.5 Å². The molecule has 1 N–H and O–H groups in total. The Morgan fingerprint density at radius 2 is 1.96 bits per heavy atom. The number of hydrogen-bond donors (Lipinski definition) is 1. The van der Waals surface area contributed by atoms with Crippen molar-refractivity contribution in [1.29, 1.82) is 0 Å². The van der Waals surface area contributed by atoms with Crippen LogP contribution in [0.5, 0.6) is 0 Å². The molecule has 0 amide bonds. The number of aromatic nitrogens is 4. The Balaban J connectivity index is 1.92. The number of fused-ring (bicyclic) bond motifs is 1. The van der Waals surface area contributed by atoms with Crippen molar-refractivity contribution in [3.8, 4) is 5.69 Å². The van der Waals surface area contributed by atoms with Crippen LogP contribution < -0.4 is 10.5 Å². The highest BCUT2D eigenvalue weighted by molar-refractivity contribution is 7.71. The SMILES string of the molecule is Cc1cccc(-n2c(C)nc3nc(N4CCOCC4)[nH]c(=O)c3c2=S)c1. The highest BCUT2D eigenvalue weighted by Crippen LogP contribution is 2.18. The first-order chi connectivity index (χ1) is 12.5. The fourth-order valence-corrected chi connectivity index (χ4v) is 3.60. The molecule has 134 valence electrons. The summed E-state index contributed by atoms with van der Waals surface area (Å²) >= 11 is 5.62. The Hall–Kier alpha value is -2.58. The van der Waals surface area contributed by atoms with E-state index in [2.05, 4.69) is 15.0 Å². The minimum atomic E-state index is -0.268. The average molecular weight is 369 g/mol. The lowest BCUT2D eigenvalue weighted by molar-refractivity contribution is 0.122. The molecule has 0 unspecified atom stereocenters. The normalized spacial score (nSPS) is 14.8. The van der Waals surface area contributed by atoms with Gasteiger partial charge in [0.25, 0.3) is 5.56 Å². The van der Waals surface area contributed by atoms with Gasteiger partial charge in [0.2, 0.25) is 5.95 Å². The van der Waals surface area contributed by atoms with E-state index in [1.54, 1.807) is 0 Å². The summed E-state index contributed by atoms with van der Waals surface area (Å²) in [5.41, 5.74) is 2.11. The van der Waals surface area contributed by atoms with E-state index in [4.69, 9.17) is 17.0 Å². The van der Waals surface area contributed by atoms with Crippen LogP contribution in [0.25, 0.3) is 16.7 Å². The van der Waals surface area contributed by atoms with E-state index in [0.717, 1.165) is 11.3 Å². The van der Waals surface area contributed by atoms with Crippen LogP contribution in [0.2, 0.25) is 0 Å². The van der Waals surface area contributed by atoms with Crippen molar-refractivity contribution in [2.45, 2.75) is 13.8 Å². The Morgan fingerprint density at radius 3 is 2.69 bits per heavy atom. The van der Waals surface area contributed by atoms with Crippen molar-refractivity contribution in [1.82, 2.24) is 19.5 Å². The Morgan fingerprint density at radius 1 is 1.19 bits per heavy atom. The van der Waals surface area contributed by atoms with E-state index in [0.29, 0.717) is 53.8 Å². The molecule has 3 heterocycles. The summed E-state index contributed by atoms with van der Waals surface area (Å²) in [5, 5.41) is 0.337. The lowest BCUT2D eigenvalue weighted by Gasteiger charge is -2.27. The zero-order chi connectivity index (χ0) is 18.3. The molecule has 0 aliphatic carbocycles. The summed E-state index contributed by atoms with van der Waals surface area (Å²) in [6, 6.07) is 7.94. The van der Waals surface area contributed by atoms with Gasteiger partial charge in [-0.2, -0.15) is 4.98 Å². The van der Waals surface area contributed by atoms with Crippen molar-refractivity contribution in [2.24, 2.45) is 0 Å². The second-order valence-corrected chi connectivity index (χ2v) is 6.71. The van der Waals surface area contributed by atoms with Gasteiger partial charge in [-0.15, -0.1) is 0 Å². The number of rotatable bonds is 2. The zero-order valence-corrected chi connectivity index (χ0v) is 15.5. The summed E-state index contributed by atoms with van der Waals surface area (Å²) in [6.45, 7) is 6.48. The number of H-pyrrole nitrogens is 1.